The van der Waals surface area contributed by atoms with Crippen LogP contribution in [0.4, 0.5) is 0 Å². The minimum absolute atomic E-state index is 0.184. The highest BCUT2D eigenvalue weighted by atomic mass is 16.5. The molecule has 1 unspecified atom stereocenters. The minimum Gasteiger partial charge on any atom is -0.396 e. The van der Waals surface area contributed by atoms with Crippen molar-refractivity contribution < 1.29 is 14.6 Å². The Kier molecular flexibility index (Phi) is 5.41. The lowest BCUT2D eigenvalue weighted by Crippen LogP contribution is -2.45. The fourth-order valence-electron chi connectivity index (χ4n) is 2.76. The number of aliphatic hydroxyl groups excluding tert-OH is 1. The van der Waals surface area contributed by atoms with E-state index in [0.717, 1.165) is 58.7 Å². The summed E-state index contributed by atoms with van der Waals surface area (Å²) in [6.45, 7) is 5.58. The summed E-state index contributed by atoms with van der Waals surface area (Å²) in [6, 6.07) is 0.524. The van der Waals surface area contributed by atoms with Crippen molar-refractivity contribution in [2.45, 2.75) is 31.7 Å². The van der Waals surface area contributed by atoms with Gasteiger partial charge in [-0.3, -0.25) is 9.69 Å². The molecular weight excluding hydrogens is 232 g/mol. The zero-order valence-corrected chi connectivity index (χ0v) is 11.0. The molecule has 104 valence electrons. The number of rotatable bonds is 5. The van der Waals surface area contributed by atoms with Gasteiger partial charge in [-0.05, 0) is 19.3 Å². The predicted octanol–water partition coefficient (Wildman–Crippen LogP) is 0.0821. The van der Waals surface area contributed by atoms with Gasteiger partial charge in [0.05, 0.1) is 13.2 Å². The van der Waals surface area contributed by atoms with Crippen LogP contribution in [0, 0.1) is 0 Å². The summed E-state index contributed by atoms with van der Waals surface area (Å²) in [5.74, 6) is 0.249. The highest BCUT2D eigenvalue weighted by Crippen LogP contribution is 2.18. The third-order valence-corrected chi connectivity index (χ3v) is 3.88. The van der Waals surface area contributed by atoms with Gasteiger partial charge in [0.2, 0.25) is 5.91 Å². The third kappa shape index (κ3) is 3.67. The first kappa shape index (κ1) is 13.8. The van der Waals surface area contributed by atoms with Gasteiger partial charge in [0, 0.05) is 45.2 Å². The van der Waals surface area contributed by atoms with Gasteiger partial charge < -0.3 is 14.7 Å². The van der Waals surface area contributed by atoms with Crippen LogP contribution >= 0.6 is 0 Å². The fourth-order valence-corrected chi connectivity index (χ4v) is 2.76. The number of unbranched alkanes of at least 4 members (excludes halogenated alkanes) is 1. The van der Waals surface area contributed by atoms with Crippen LogP contribution in [0.2, 0.25) is 0 Å². The van der Waals surface area contributed by atoms with Gasteiger partial charge in [0.1, 0.15) is 0 Å². The second-order valence-corrected chi connectivity index (χ2v) is 5.11. The Morgan fingerprint density at radius 2 is 2.00 bits per heavy atom. The summed E-state index contributed by atoms with van der Waals surface area (Å²) < 4.78 is 5.35. The molecule has 5 heteroatoms. The van der Waals surface area contributed by atoms with Gasteiger partial charge >= 0.3 is 0 Å². The van der Waals surface area contributed by atoms with E-state index >= 15 is 0 Å². The molecule has 2 aliphatic heterocycles. The van der Waals surface area contributed by atoms with E-state index in [1.165, 1.54) is 0 Å². The number of carbonyl (C=O) groups excluding carboxylic acids is 1. The van der Waals surface area contributed by atoms with E-state index in [-0.39, 0.29) is 12.5 Å². The molecule has 0 bridgehead atoms. The second kappa shape index (κ2) is 7.07. The molecule has 1 atom stereocenters. The Morgan fingerprint density at radius 3 is 2.72 bits per heavy atom. The maximum atomic E-state index is 11.9. The quantitative estimate of drug-likeness (QED) is 0.708. The van der Waals surface area contributed by atoms with Crippen molar-refractivity contribution >= 4 is 5.91 Å². The number of amides is 1. The van der Waals surface area contributed by atoms with Crippen molar-refractivity contribution in [3.05, 3.63) is 0 Å². The average Bonchev–Trinajstić information content (AvgIpc) is 2.89. The van der Waals surface area contributed by atoms with Crippen LogP contribution in [-0.4, -0.2) is 72.9 Å². The zero-order chi connectivity index (χ0) is 12.8. The molecule has 0 spiro atoms. The van der Waals surface area contributed by atoms with Crippen molar-refractivity contribution in [3.63, 3.8) is 0 Å². The molecule has 2 rings (SSSR count). The molecule has 2 aliphatic rings. The first-order chi connectivity index (χ1) is 8.81. The highest BCUT2D eigenvalue weighted by Gasteiger charge is 2.30. The Labute approximate surface area is 109 Å². The number of likely N-dealkylation sites (tertiary alicyclic amines) is 1. The number of hydrogen-bond acceptors (Lipinski definition) is 4. The summed E-state index contributed by atoms with van der Waals surface area (Å²) in [7, 11) is 0. The Hall–Kier alpha value is -0.650. The number of aliphatic hydroxyl groups is 1. The van der Waals surface area contributed by atoms with Gasteiger partial charge in [-0.15, -0.1) is 0 Å². The summed E-state index contributed by atoms with van der Waals surface area (Å²) in [5, 5.41) is 8.71. The second-order valence-electron chi connectivity index (χ2n) is 5.11. The Morgan fingerprint density at radius 1 is 1.22 bits per heavy atom. The van der Waals surface area contributed by atoms with Crippen LogP contribution in [0.3, 0.4) is 0 Å². The van der Waals surface area contributed by atoms with E-state index in [9.17, 15) is 4.79 Å². The number of ether oxygens (including phenoxy) is 1. The average molecular weight is 256 g/mol. The fraction of sp³-hybridized carbons (Fsp3) is 0.923. The molecule has 0 aromatic carbocycles. The first-order valence-corrected chi connectivity index (χ1v) is 7.01. The van der Waals surface area contributed by atoms with Crippen LogP contribution in [0.1, 0.15) is 25.7 Å². The minimum atomic E-state index is 0.184. The molecule has 0 aromatic heterocycles. The molecule has 2 fully saturated rings. The molecule has 5 nitrogen and oxygen atoms in total. The van der Waals surface area contributed by atoms with Gasteiger partial charge in [-0.2, -0.15) is 0 Å². The summed E-state index contributed by atoms with van der Waals surface area (Å²) in [5.41, 5.74) is 0. The molecule has 0 aliphatic carbocycles. The number of hydrogen-bond donors (Lipinski definition) is 1. The van der Waals surface area contributed by atoms with E-state index < -0.39 is 0 Å². The Bertz CT molecular complexity index is 267. The van der Waals surface area contributed by atoms with Crippen LogP contribution in [0.15, 0.2) is 0 Å². The standard InChI is InChI=1S/C13H24N2O3/c16-8-2-1-3-13(17)15-5-4-12(11-15)14-6-9-18-10-7-14/h12,16H,1-11H2. The molecule has 1 N–H and O–H groups in total. The van der Waals surface area contributed by atoms with Crippen LogP contribution in [-0.2, 0) is 9.53 Å². The molecule has 18 heavy (non-hydrogen) atoms. The van der Waals surface area contributed by atoms with Crippen molar-refractivity contribution in [3.8, 4) is 0 Å². The van der Waals surface area contributed by atoms with E-state index in [1.54, 1.807) is 0 Å². The predicted molar refractivity (Wildman–Crippen MR) is 68.3 cm³/mol. The van der Waals surface area contributed by atoms with E-state index in [1.807, 2.05) is 4.90 Å². The molecule has 0 aromatic rings. The van der Waals surface area contributed by atoms with E-state index in [2.05, 4.69) is 4.90 Å². The van der Waals surface area contributed by atoms with Gasteiger partial charge in [0.25, 0.3) is 0 Å². The molecule has 0 radical (unpaired) electrons. The largest absolute Gasteiger partial charge is 0.396 e. The summed E-state index contributed by atoms with van der Waals surface area (Å²) in [4.78, 5) is 16.4. The molecular formula is C13H24N2O3. The van der Waals surface area contributed by atoms with Crippen molar-refractivity contribution in [1.29, 1.82) is 0 Å². The lowest BCUT2D eigenvalue weighted by molar-refractivity contribution is -0.130. The lowest BCUT2D eigenvalue weighted by atomic mass is 10.2. The molecule has 2 saturated heterocycles. The smallest absolute Gasteiger partial charge is 0.222 e. The summed E-state index contributed by atoms with van der Waals surface area (Å²) in [6.07, 6.45) is 3.20. The van der Waals surface area contributed by atoms with E-state index in [0.29, 0.717) is 12.5 Å². The van der Waals surface area contributed by atoms with Crippen LogP contribution in [0.5, 0.6) is 0 Å². The number of carbonyl (C=O) groups is 1. The monoisotopic (exact) mass is 256 g/mol. The highest BCUT2D eigenvalue weighted by molar-refractivity contribution is 5.76. The van der Waals surface area contributed by atoms with Crippen LogP contribution in [0.25, 0.3) is 0 Å². The zero-order valence-electron chi connectivity index (χ0n) is 11.0. The van der Waals surface area contributed by atoms with Gasteiger partial charge in [-0.1, -0.05) is 0 Å². The maximum absolute atomic E-state index is 11.9. The Balaban J connectivity index is 1.71. The molecule has 1 amide bonds. The summed E-state index contributed by atoms with van der Waals surface area (Å²) >= 11 is 0. The van der Waals surface area contributed by atoms with Crippen molar-refractivity contribution in [2.24, 2.45) is 0 Å². The normalized spacial score (nSPS) is 25.6. The van der Waals surface area contributed by atoms with Gasteiger partial charge in [-0.25, -0.2) is 0 Å². The SMILES string of the molecule is O=C(CCCCO)N1CCC(N2CCOCC2)C1. The molecule has 2 heterocycles. The number of nitrogens with zero attached hydrogens (tertiary/aromatic N) is 2. The molecule has 0 saturated carbocycles. The first-order valence-electron chi connectivity index (χ1n) is 7.01. The topological polar surface area (TPSA) is 53.0 Å². The maximum Gasteiger partial charge on any atom is 0.222 e. The lowest BCUT2D eigenvalue weighted by Gasteiger charge is -2.32. The van der Waals surface area contributed by atoms with Crippen LogP contribution < -0.4 is 0 Å². The van der Waals surface area contributed by atoms with Crippen molar-refractivity contribution in [2.75, 3.05) is 46.0 Å². The number of morpholine rings is 1. The van der Waals surface area contributed by atoms with E-state index in [4.69, 9.17) is 9.84 Å². The van der Waals surface area contributed by atoms with Crippen molar-refractivity contribution in [1.82, 2.24) is 9.80 Å². The third-order valence-electron chi connectivity index (χ3n) is 3.88. The van der Waals surface area contributed by atoms with Gasteiger partial charge in [0.15, 0.2) is 0 Å².